The Bertz CT molecular complexity index is 945. The van der Waals surface area contributed by atoms with E-state index in [-0.39, 0.29) is 0 Å². The molecular formula is C21H24N4OS. The number of aryl methyl sites for hydroxylation is 1. The molecule has 0 radical (unpaired) electrons. The van der Waals surface area contributed by atoms with Crippen LogP contribution in [0.5, 0.6) is 5.75 Å². The first-order valence-electron chi connectivity index (χ1n) is 8.81. The molecule has 0 amide bonds. The summed E-state index contributed by atoms with van der Waals surface area (Å²) < 4.78 is 10.1. The molecule has 3 aromatic rings. The summed E-state index contributed by atoms with van der Waals surface area (Å²) in [6, 6.07) is 18.2. The molecule has 0 saturated carbocycles. The Morgan fingerprint density at radius 3 is 2.52 bits per heavy atom. The average Bonchev–Trinajstić information content (AvgIpc) is 2.95. The first-order chi connectivity index (χ1) is 13.1. The third kappa shape index (κ3) is 4.72. The molecule has 5 nitrogen and oxygen atoms in total. The van der Waals surface area contributed by atoms with Crippen molar-refractivity contribution in [3.63, 3.8) is 0 Å². The summed E-state index contributed by atoms with van der Waals surface area (Å²) in [6.07, 6.45) is 1.74. The molecule has 6 heteroatoms. The molecule has 2 aromatic carbocycles. The summed E-state index contributed by atoms with van der Waals surface area (Å²) >= 11 is 5.65. The number of para-hydroxylation sites is 1. The molecular weight excluding hydrogens is 356 g/mol. The molecule has 0 aliphatic carbocycles. The lowest BCUT2D eigenvalue weighted by atomic mass is 10.2. The van der Waals surface area contributed by atoms with Crippen LogP contribution < -0.4 is 4.74 Å². The first kappa shape index (κ1) is 19.1. The van der Waals surface area contributed by atoms with E-state index >= 15 is 0 Å². The van der Waals surface area contributed by atoms with Crippen LogP contribution in [-0.2, 0) is 13.2 Å². The largest absolute Gasteiger partial charge is 0.490 e. The number of ether oxygens (including phenoxy) is 1. The normalized spacial score (nSPS) is 10.9. The van der Waals surface area contributed by atoms with Gasteiger partial charge in [0.2, 0.25) is 4.77 Å². The van der Waals surface area contributed by atoms with Gasteiger partial charge in [-0.3, -0.25) is 9.47 Å². The van der Waals surface area contributed by atoms with Crippen molar-refractivity contribution in [3.05, 3.63) is 83.4 Å². The first-order valence-corrected chi connectivity index (χ1v) is 9.22. The maximum atomic E-state index is 5.65. The second-order valence-corrected chi connectivity index (χ2v) is 6.76. The van der Waals surface area contributed by atoms with E-state index < -0.39 is 0 Å². The lowest BCUT2D eigenvalue weighted by Gasteiger charge is -2.16. The average molecular weight is 381 g/mol. The van der Waals surface area contributed by atoms with Crippen molar-refractivity contribution in [3.8, 4) is 11.4 Å². The number of nitrogens with zero attached hydrogens (tertiary/aromatic N) is 4. The summed E-state index contributed by atoms with van der Waals surface area (Å²) in [5, 5.41) is 4.62. The highest BCUT2D eigenvalue weighted by Crippen LogP contribution is 2.15. The summed E-state index contributed by atoms with van der Waals surface area (Å²) in [5.41, 5.74) is 2.23. The highest BCUT2D eigenvalue weighted by molar-refractivity contribution is 7.71. The fraction of sp³-hybridized carbons (Fsp3) is 0.238. The molecule has 0 N–H and O–H groups in total. The van der Waals surface area contributed by atoms with Gasteiger partial charge in [-0.1, -0.05) is 43.0 Å². The van der Waals surface area contributed by atoms with Crippen LogP contribution >= 0.6 is 12.2 Å². The number of rotatable bonds is 8. The van der Waals surface area contributed by atoms with E-state index in [1.165, 1.54) is 5.56 Å². The smallest absolute Gasteiger partial charge is 0.203 e. The van der Waals surface area contributed by atoms with Gasteiger partial charge in [-0.05, 0) is 56.0 Å². The Morgan fingerprint density at radius 1 is 1.15 bits per heavy atom. The Labute approximate surface area is 165 Å². The fourth-order valence-corrected chi connectivity index (χ4v) is 3.26. The summed E-state index contributed by atoms with van der Waals surface area (Å²) in [5.74, 6) is 1.73. The van der Waals surface area contributed by atoms with Crippen LogP contribution in [0.1, 0.15) is 11.4 Å². The topological polar surface area (TPSA) is 35.2 Å². The Balaban J connectivity index is 1.69. The van der Waals surface area contributed by atoms with E-state index in [4.69, 9.17) is 17.0 Å². The summed E-state index contributed by atoms with van der Waals surface area (Å²) in [7, 11) is 2.06. The van der Waals surface area contributed by atoms with E-state index in [1.807, 2.05) is 58.6 Å². The quantitative estimate of drug-likeness (QED) is 0.429. The third-order valence-electron chi connectivity index (χ3n) is 4.13. The zero-order valence-electron chi connectivity index (χ0n) is 15.7. The molecule has 0 bridgehead atoms. The van der Waals surface area contributed by atoms with Gasteiger partial charge in [0.25, 0.3) is 0 Å². The van der Waals surface area contributed by atoms with Crippen LogP contribution in [-0.4, -0.2) is 32.9 Å². The van der Waals surface area contributed by atoms with Crippen molar-refractivity contribution < 1.29 is 4.74 Å². The van der Waals surface area contributed by atoms with E-state index in [2.05, 4.69) is 35.8 Å². The Hall–Kier alpha value is -2.70. The maximum Gasteiger partial charge on any atom is 0.203 e. The Kier molecular flexibility index (Phi) is 6.21. The monoisotopic (exact) mass is 380 g/mol. The molecule has 0 aliphatic heterocycles. The molecule has 0 unspecified atom stereocenters. The van der Waals surface area contributed by atoms with Crippen molar-refractivity contribution in [1.82, 2.24) is 19.2 Å². The molecule has 27 heavy (non-hydrogen) atoms. The van der Waals surface area contributed by atoms with Gasteiger partial charge in [-0.2, -0.15) is 5.10 Å². The predicted molar refractivity (Wildman–Crippen MR) is 111 cm³/mol. The van der Waals surface area contributed by atoms with Crippen molar-refractivity contribution in [2.45, 2.75) is 20.1 Å². The van der Waals surface area contributed by atoms with E-state index in [0.29, 0.717) is 18.0 Å². The van der Waals surface area contributed by atoms with E-state index in [0.717, 1.165) is 23.8 Å². The molecule has 0 spiro atoms. The van der Waals surface area contributed by atoms with Crippen molar-refractivity contribution in [2.75, 3.05) is 13.7 Å². The molecule has 3 rings (SSSR count). The van der Waals surface area contributed by atoms with Gasteiger partial charge in [0.15, 0.2) is 0 Å². The minimum Gasteiger partial charge on any atom is -0.490 e. The van der Waals surface area contributed by atoms with Gasteiger partial charge in [-0.15, -0.1) is 0 Å². The van der Waals surface area contributed by atoms with Crippen molar-refractivity contribution in [1.29, 1.82) is 0 Å². The summed E-state index contributed by atoms with van der Waals surface area (Å²) in [4.78, 5) is 2.18. The van der Waals surface area contributed by atoms with Crippen LogP contribution in [0.2, 0.25) is 0 Å². The maximum absolute atomic E-state index is 5.65. The van der Waals surface area contributed by atoms with E-state index in [9.17, 15) is 0 Å². The standard InChI is InChI=1S/C21H24N4OS/c1-4-14-26-20-12-10-18(11-13-20)15-23(3)16-24-21(27)25(17(2)22-24)19-8-6-5-7-9-19/h4-13H,1,14-16H2,2-3H3. The molecule has 140 valence electrons. The van der Waals surface area contributed by atoms with E-state index in [1.54, 1.807) is 6.08 Å². The number of hydrogen-bond acceptors (Lipinski definition) is 4. The van der Waals surface area contributed by atoms with Crippen LogP contribution in [0.15, 0.2) is 67.3 Å². The fourth-order valence-electron chi connectivity index (χ4n) is 2.92. The predicted octanol–water partition coefficient (Wildman–Crippen LogP) is 4.37. The minimum atomic E-state index is 0.515. The van der Waals surface area contributed by atoms with Gasteiger partial charge in [0.05, 0.1) is 6.67 Å². The van der Waals surface area contributed by atoms with Gasteiger partial charge in [0.1, 0.15) is 18.2 Å². The van der Waals surface area contributed by atoms with Gasteiger partial charge >= 0.3 is 0 Å². The molecule has 1 heterocycles. The third-order valence-corrected chi connectivity index (χ3v) is 4.53. The second kappa shape index (κ2) is 8.79. The molecule has 0 aliphatic rings. The van der Waals surface area contributed by atoms with Gasteiger partial charge in [-0.25, -0.2) is 4.68 Å². The highest BCUT2D eigenvalue weighted by Gasteiger charge is 2.10. The van der Waals surface area contributed by atoms with Crippen molar-refractivity contribution in [2.24, 2.45) is 0 Å². The number of aromatic nitrogens is 3. The van der Waals surface area contributed by atoms with Crippen LogP contribution in [0.4, 0.5) is 0 Å². The zero-order chi connectivity index (χ0) is 19.2. The highest BCUT2D eigenvalue weighted by atomic mass is 32.1. The number of hydrogen-bond donors (Lipinski definition) is 0. The lowest BCUT2D eigenvalue weighted by Crippen LogP contribution is -2.22. The molecule has 0 fully saturated rings. The van der Waals surface area contributed by atoms with Crippen LogP contribution in [0.3, 0.4) is 0 Å². The van der Waals surface area contributed by atoms with Crippen LogP contribution in [0.25, 0.3) is 5.69 Å². The molecule has 0 saturated heterocycles. The van der Waals surface area contributed by atoms with Gasteiger partial charge < -0.3 is 4.74 Å². The van der Waals surface area contributed by atoms with Gasteiger partial charge in [0, 0.05) is 12.2 Å². The van der Waals surface area contributed by atoms with Crippen molar-refractivity contribution >= 4 is 12.2 Å². The van der Waals surface area contributed by atoms with Crippen LogP contribution in [0, 0.1) is 11.7 Å². The molecule has 1 aromatic heterocycles. The zero-order valence-corrected chi connectivity index (χ0v) is 16.5. The number of benzene rings is 2. The summed E-state index contributed by atoms with van der Waals surface area (Å²) in [6.45, 7) is 7.56. The Morgan fingerprint density at radius 2 is 1.85 bits per heavy atom. The molecule has 0 atom stereocenters. The second-order valence-electron chi connectivity index (χ2n) is 6.40. The SMILES string of the molecule is C=CCOc1ccc(CN(C)Cn2nc(C)n(-c3ccccc3)c2=S)cc1. The minimum absolute atomic E-state index is 0.515. The lowest BCUT2D eigenvalue weighted by molar-refractivity contribution is 0.243.